The number of rotatable bonds is 3. The molecule has 1 fully saturated rings. The third kappa shape index (κ3) is 3.38. The van der Waals surface area contributed by atoms with E-state index in [1.807, 2.05) is 54.3 Å². The van der Waals surface area contributed by atoms with E-state index < -0.39 is 0 Å². The molecule has 0 aliphatic carbocycles. The molecule has 2 aromatic heterocycles. The highest BCUT2D eigenvalue weighted by Crippen LogP contribution is 2.30. The second-order valence-electron chi connectivity index (χ2n) is 6.19. The van der Waals surface area contributed by atoms with Crippen LogP contribution in [0.5, 0.6) is 0 Å². The number of thiazole rings is 1. The fourth-order valence-corrected chi connectivity index (χ4v) is 4.10. The van der Waals surface area contributed by atoms with E-state index >= 15 is 0 Å². The van der Waals surface area contributed by atoms with Gasteiger partial charge in [0.1, 0.15) is 16.0 Å². The Morgan fingerprint density at radius 2 is 1.96 bits per heavy atom. The second kappa shape index (κ2) is 7.35. The van der Waals surface area contributed by atoms with Gasteiger partial charge in [0.05, 0.1) is 18.8 Å². The predicted octanol–water partition coefficient (Wildman–Crippen LogP) is 3.73. The van der Waals surface area contributed by atoms with E-state index in [9.17, 15) is 4.79 Å². The second-order valence-corrected chi connectivity index (χ2v) is 7.19. The largest absolute Gasteiger partial charge is 0.370 e. The highest BCUT2D eigenvalue weighted by atomic mass is 32.1. The van der Waals surface area contributed by atoms with Crippen LogP contribution in [0.4, 0.5) is 0 Å². The summed E-state index contributed by atoms with van der Waals surface area (Å²) >= 11 is 1.44. The van der Waals surface area contributed by atoms with Gasteiger partial charge in [0.15, 0.2) is 0 Å². The monoisotopic (exact) mass is 365 g/mol. The molecule has 0 saturated carbocycles. The van der Waals surface area contributed by atoms with Gasteiger partial charge in [-0.05, 0) is 24.6 Å². The summed E-state index contributed by atoms with van der Waals surface area (Å²) in [7, 11) is 0. The quantitative estimate of drug-likeness (QED) is 0.710. The lowest BCUT2D eigenvalue weighted by Gasteiger charge is -2.33. The van der Waals surface area contributed by atoms with Crippen LogP contribution in [0, 0.1) is 6.92 Å². The first kappa shape index (κ1) is 16.9. The van der Waals surface area contributed by atoms with Crippen molar-refractivity contribution in [2.45, 2.75) is 13.0 Å². The first-order chi connectivity index (χ1) is 12.7. The zero-order chi connectivity index (χ0) is 17.9. The zero-order valence-electron chi connectivity index (χ0n) is 14.5. The highest BCUT2D eigenvalue weighted by molar-refractivity contribution is 7.17. The van der Waals surface area contributed by atoms with Crippen LogP contribution in [0.15, 0.2) is 54.9 Å². The molecule has 132 valence electrons. The first-order valence-corrected chi connectivity index (χ1v) is 9.37. The number of morpholine rings is 1. The Hall–Kier alpha value is -2.57. The highest BCUT2D eigenvalue weighted by Gasteiger charge is 2.28. The number of nitrogens with zero attached hydrogens (tertiary/aromatic N) is 3. The number of aromatic nitrogens is 2. The van der Waals surface area contributed by atoms with Crippen molar-refractivity contribution in [3.63, 3.8) is 0 Å². The van der Waals surface area contributed by atoms with Crippen molar-refractivity contribution < 1.29 is 9.53 Å². The third-order valence-electron chi connectivity index (χ3n) is 4.44. The van der Waals surface area contributed by atoms with Gasteiger partial charge in [-0.25, -0.2) is 4.98 Å². The standard InChI is InChI=1S/C20H19N3O2S/c1-14-18(26-19(22-14)16-7-9-21-10-8-16)20(24)23-11-12-25-17(13-23)15-5-3-2-4-6-15/h2-10,17H,11-13H2,1H3. The first-order valence-electron chi connectivity index (χ1n) is 8.56. The lowest BCUT2D eigenvalue weighted by Crippen LogP contribution is -2.42. The molecule has 4 rings (SSSR count). The molecule has 26 heavy (non-hydrogen) atoms. The van der Waals surface area contributed by atoms with Crippen LogP contribution in [-0.4, -0.2) is 40.5 Å². The molecule has 1 aromatic carbocycles. The van der Waals surface area contributed by atoms with Gasteiger partial charge in [-0.15, -0.1) is 11.3 Å². The van der Waals surface area contributed by atoms with Crippen LogP contribution >= 0.6 is 11.3 Å². The molecule has 1 saturated heterocycles. The maximum Gasteiger partial charge on any atom is 0.266 e. The predicted molar refractivity (Wildman–Crippen MR) is 101 cm³/mol. The van der Waals surface area contributed by atoms with Crippen LogP contribution in [0.2, 0.25) is 0 Å². The fraction of sp³-hybridized carbons (Fsp3) is 0.250. The average molecular weight is 365 g/mol. The summed E-state index contributed by atoms with van der Waals surface area (Å²) in [5.74, 6) is 0.0320. The number of benzene rings is 1. The Balaban J connectivity index is 1.55. The van der Waals surface area contributed by atoms with E-state index in [-0.39, 0.29) is 12.0 Å². The molecule has 0 radical (unpaired) electrons. The molecule has 1 aliphatic rings. The number of carbonyl (C=O) groups is 1. The van der Waals surface area contributed by atoms with E-state index in [0.717, 1.165) is 21.8 Å². The van der Waals surface area contributed by atoms with E-state index in [1.54, 1.807) is 12.4 Å². The number of ether oxygens (including phenoxy) is 1. The van der Waals surface area contributed by atoms with Crippen molar-refractivity contribution in [1.82, 2.24) is 14.9 Å². The average Bonchev–Trinajstić information content (AvgIpc) is 3.10. The Morgan fingerprint density at radius 1 is 1.19 bits per heavy atom. The van der Waals surface area contributed by atoms with E-state index in [2.05, 4.69) is 9.97 Å². The van der Waals surface area contributed by atoms with Crippen LogP contribution < -0.4 is 0 Å². The van der Waals surface area contributed by atoms with Crippen LogP contribution in [-0.2, 0) is 4.74 Å². The van der Waals surface area contributed by atoms with Crippen molar-refractivity contribution in [1.29, 1.82) is 0 Å². The normalized spacial score (nSPS) is 17.3. The Morgan fingerprint density at radius 3 is 2.73 bits per heavy atom. The minimum atomic E-state index is -0.0817. The van der Waals surface area contributed by atoms with Crippen molar-refractivity contribution in [3.8, 4) is 10.6 Å². The lowest BCUT2D eigenvalue weighted by atomic mass is 10.1. The van der Waals surface area contributed by atoms with E-state index in [1.165, 1.54) is 11.3 Å². The molecular weight excluding hydrogens is 346 g/mol. The van der Waals surface area contributed by atoms with Crippen LogP contribution in [0.25, 0.3) is 10.6 Å². The number of amides is 1. The summed E-state index contributed by atoms with van der Waals surface area (Å²) in [4.78, 5) is 24.3. The SMILES string of the molecule is Cc1nc(-c2ccncc2)sc1C(=O)N1CCOC(c2ccccc2)C1. The molecule has 1 amide bonds. The van der Waals surface area contributed by atoms with Gasteiger partial charge in [0, 0.05) is 24.5 Å². The van der Waals surface area contributed by atoms with Gasteiger partial charge >= 0.3 is 0 Å². The summed E-state index contributed by atoms with van der Waals surface area (Å²) in [5.41, 5.74) is 2.86. The molecule has 0 N–H and O–H groups in total. The number of hydrogen-bond acceptors (Lipinski definition) is 5. The maximum atomic E-state index is 13.1. The minimum absolute atomic E-state index is 0.0320. The van der Waals surface area contributed by atoms with Gasteiger partial charge in [0.2, 0.25) is 0 Å². The van der Waals surface area contributed by atoms with Crippen LogP contribution in [0.1, 0.15) is 27.0 Å². The van der Waals surface area contributed by atoms with Crippen molar-refractivity contribution >= 4 is 17.2 Å². The molecule has 1 aliphatic heterocycles. The van der Waals surface area contributed by atoms with Gasteiger partial charge in [-0.2, -0.15) is 0 Å². The molecule has 3 heterocycles. The van der Waals surface area contributed by atoms with Gasteiger partial charge in [-0.1, -0.05) is 30.3 Å². The maximum absolute atomic E-state index is 13.1. The molecule has 6 heteroatoms. The van der Waals surface area contributed by atoms with Crippen molar-refractivity contribution in [2.24, 2.45) is 0 Å². The molecule has 5 nitrogen and oxygen atoms in total. The summed E-state index contributed by atoms with van der Waals surface area (Å²) in [6.45, 7) is 3.60. The lowest BCUT2D eigenvalue weighted by molar-refractivity contribution is -0.0226. The zero-order valence-corrected chi connectivity index (χ0v) is 15.3. The van der Waals surface area contributed by atoms with E-state index in [0.29, 0.717) is 24.6 Å². The molecule has 0 spiro atoms. The Kier molecular flexibility index (Phi) is 4.77. The molecule has 1 atom stereocenters. The van der Waals surface area contributed by atoms with Gasteiger partial charge in [-0.3, -0.25) is 9.78 Å². The number of carbonyl (C=O) groups excluding carboxylic acids is 1. The number of hydrogen-bond donors (Lipinski definition) is 0. The summed E-state index contributed by atoms with van der Waals surface area (Å²) < 4.78 is 5.87. The van der Waals surface area contributed by atoms with Crippen LogP contribution in [0.3, 0.4) is 0 Å². The number of pyridine rings is 1. The van der Waals surface area contributed by atoms with Crippen molar-refractivity contribution in [3.05, 3.63) is 71.0 Å². The topological polar surface area (TPSA) is 55.3 Å². The third-order valence-corrected chi connectivity index (χ3v) is 5.64. The summed E-state index contributed by atoms with van der Waals surface area (Å²) in [6.07, 6.45) is 3.39. The fourth-order valence-electron chi connectivity index (χ4n) is 3.06. The molecule has 0 bridgehead atoms. The van der Waals surface area contributed by atoms with Crippen molar-refractivity contribution in [2.75, 3.05) is 19.7 Å². The molecule has 1 unspecified atom stereocenters. The smallest absolute Gasteiger partial charge is 0.266 e. The minimum Gasteiger partial charge on any atom is -0.370 e. The van der Waals surface area contributed by atoms with E-state index in [4.69, 9.17) is 4.74 Å². The number of aryl methyl sites for hydroxylation is 1. The molecular formula is C20H19N3O2S. The van der Waals surface area contributed by atoms with Gasteiger partial charge in [0.25, 0.3) is 5.91 Å². The Bertz CT molecular complexity index is 896. The Labute approximate surface area is 156 Å². The van der Waals surface area contributed by atoms with Gasteiger partial charge < -0.3 is 9.64 Å². The summed E-state index contributed by atoms with van der Waals surface area (Å²) in [6, 6.07) is 13.9. The molecule has 3 aromatic rings. The summed E-state index contributed by atoms with van der Waals surface area (Å²) in [5, 5.41) is 0.848.